The van der Waals surface area contributed by atoms with Gasteiger partial charge in [-0.05, 0) is 25.5 Å². The SMILES string of the molecule is CC(C)Oc1ccccc1Cc1sc(N)nc1-c1ccccc1. The van der Waals surface area contributed by atoms with E-state index >= 15 is 0 Å². The van der Waals surface area contributed by atoms with Crippen molar-refractivity contribution in [1.29, 1.82) is 0 Å². The van der Waals surface area contributed by atoms with E-state index in [0.29, 0.717) is 5.13 Å². The lowest BCUT2D eigenvalue weighted by Gasteiger charge is -2.14. The molecule has 3 rings (SSSR count). The molecule has 0 aliphatic rings. The molecule has 0 saturated heterocycles. The number of rotatable bonds is 5. The number of para-hydroxylation sites is 1. The first-order valence-electron chi connectivity index (χ1n) is 7.68. The molecule has 118 valence electrons. The first-order valence-corrected chi connectivity index (χ1v) is 8.50. The van der Waals surface area contributed by atoms with Crippen LogP contribution in [0.25, 0.3) is 11.3 Å². The summed E-state index contributed by atoms with van der Waals surface area (Å²) in [5.74, 6) is 0.925. The second-order valence-corrected chi connectivity index (χ2v) is 6.76. The van der Waals surface area contributed by atoms with Crippen LogP contribution in [0.2, 0.25) is 0 Å². The Bertz CT molecular complexity index is 781. The second kappa shape index (κ2) is 6.84. The summed E-state index contributed by atoms with van der Waals surface area (Å²) in [6.07, 6.45) is 0.915. The van der Waals surface area contributed by atoms with E-state index in [0.717, 1.165) is 33.9 Å². The van der Waals surface area contributed by atoms with E-state index in [1.807, 2.05) is 50.2 Å². The fourth-order valence-electron chi connectivity index (χ4n) is 2.50. The molecule has 0 aliphatic heterocycles. The zero-order chi connectivity index (χ0) is 16.2. The summed E-state index contributed by atoms with van der Waals surface area (Å²) in [7, 11) is 0. The van der Waals surface area contributed by atoms with Gasteiger partial charge in [-0.3, -0.25) is 0 Å². The predicted molar refractivity (Wildman–Crippen MR) is 97.0 cm³/mol. The fourth-order valence-corrected chi connectivity index (χ4v) is 3.38. The number of nitrogens with zero attached hydrogens (tertiary/aromatic N) is 1. The van der Waals surface area contributed by atoms with E-state index in [2.05, 4.69) is 23.2 Å². The molecule has 0 amide bonds. The molecule has 2 N–H and O–H groups in total. The van der Waals surface area contributed by atoms with Gasteiger partial charge in [-0.15, -0.1) is 11.3 Å². The van der Waals surface area contributed by atoms with Crippen molar-refractivity contribution in [2.24, 2.45) is 0 Å². The maximum atomic E-state index is 5.97. The van der Waals surface area contributed by atoms with Crippen LogP contribution in [-0.4, -0.2) is 11.1 Å². The highest BCUT2D eigenvalue weighted by molar-refractivity contribution is 7.15. The van der Waals surface area contributed by atoms with Gasteiger partial charge in [-0.25, -0.2) is 4.98 Å². The van der Waals surface area contributed by atoms with Gasteiger partial charge in [0, 0.05) is 16.9 Å². The van der Waals surface area contributed by atoms with E-state index in [9.17, 15) is 0 Å². The van der Waals surface area contributed by atoms with Crippen LogP contribution in [0.1, 0.15) is 24.3 Å². The first-order chi connectivity index (χ1) is 11.1. The zero-order valence-electron chi connectivity index (χ0n) is 13.3. The smallest absolute Gasteiger partial charge is 0.180 e. The molecule has 0 spiro atoms. The van der Waals surface area contributed by atoms with Crippen LogP contribution in [0.3, 0.4) is 0 Å². The lowest BCUT2D eigenvalue weighted by atomic mass is 10.1. The molecule has 3 nitrogen and oxygen atoms in total. The molecular weight excluding hydrogens is 304 g/mol. The number of ether oxygens (including phenoxy) is 1. The first kappa shape index (κ1) is 15.6. The van der Waals surface area contributed by atoms with Crippen molar-refractivity contribution in [2.45, 2.75) is 26.4 Å². The highest BCUT2D eigenvalue weighted by atomic mass is 32.1. The molecular formula is C19H20N2OS. The van der Waals surface area contributed by atoms with Crippen LogP contribution >= 0.6 is 11.3 Å². The Morgan fingerprint density at radius 3 is 2.48 bits per heavy atom. The number of nitrogen functional groups attached to an aromatic ring is 1. The lowest BCUT2D eigenvalue weighted by molar-refractivity contribution is 0.240. The molecule has 0 atom stereocenters. The molecule has 0 fully saturated rings. The topological polar surface area (TPSA) is 48.1 Å². The van der Waals surface area contributed by atoms with Gasteiger partial charge in [0.15, 0.2) is 5.13 Å². The van der Waals surface area contributed by atoms with Crippen molar-refractivity contribution in [1.82, 2.24) is 4.98 Å². The van der Waals surface area contributed by atoms with Gasteiger partial charge in [0.25, 0.3) is 0 Å². The molecule has 23 heavy (non-hydrogen) atoms. The Labute approximate surface area is 140 Å². The van der Waals surface area contributed by atoms with E-state index < -0.39 is 0 Å². The van der Waals surface area contributed by atoms with Gasteiger partial charge in [-0.1, -0.05) is 48.5 Å². The van der Waals surface area contributed by atoms with Crippen LogP contribution in [0.15, 0.2) is 54.6 Å². The lowest BCUT2D eigenvalue weighted by Crippen LogP contribution is -2.07. The Kier molecular flexibility index (Phi) is 4.63. The molecule has 2 aromatic carbocycles. The van der Waals surface area contributed by atoms with Crippen molar-refractivity contribution in [3.8, 4) is 17.0 Å². The van der Waals surface area contributed by atoms with E-state index in [4.69, 9.17) is 10.5 Å². The molecule has 1 heterocycles. The minimum absolute atomic E-state index is 0.149. The molecule has 0 radical (unpaired) electrons. The van der Waals surface area contributed by atoms with Gasteiger partial charge in [0.1, 0.15) is 5.75 Å². The molecule has 3 aromatic rings. The summed E-state index contributed by atoms with van der Waals surface area (Å²) in [5, 5.41) is 0.598. The summed E-state index contributed by atoms with van der Waals surface area (Å²) < 4.78 is 5.92. The summed E-state index contributed by atoms with van der Waals surface area (Å²) in [5.41, 5.74) is 9.18. The maximum absolute atomic E-state index is 5.97. The quantitative estimate of drug-likeness (QED) is 0.735. The summed E-state index contributed by atoms with van der Waals surface area (Å²) in [4.78, 5) is 5.68. The number of hydrogen-bond donors (Lipinski definition) is 1. The predicted octanol–water partition coefficient (Wildman–Crippen LogP) is 4.77. The summed E-state index contributed by atoms with van der Waals surface area (Å²) in [6.45, 7) is 4.08. The number of benzene rings is 2. The summed E-state index contributed by atoms with van der Waals surface area (Å²) in [6, 6.07) is 18.3. The number of thiazole rings is 1. The molecule has 0 unspecified atom stereocenters. The van der Waals surface area contributed by atoms with Crippen molar-refractivity contribution < 1.29 is 4.74 Å². The van der Waals surface area contributed by atoms with Gasteiger partial charge >= 0.3 is 0 Å². The average Bonchev–Trinajstić information content (AvgIpc) is 2.90. The van der Waals surface area contributed by atoms with Crippen molar-refractivity contribution in [3.63, 3.8) is 0 Å². The molecule has 0 bridgehead atoms. The maximum Gasteiger partial charge on any atom is 0.180 e. The van der Waals surface area contributed by atoms with Crippen molar-refractivity contribution >= 4 is 16.5 Å². The molecule has 1 aromatic heterocycles. The number of anilines is 1. The highest BCUT2D eigenvalue weighted by Crippen LogP contribution is 2.33. The Hall–Kier alpha value is -2.33. The number of nitrogens with two attached hydrogens (primary N) is 1. The average molecular weight is 324 g/mol. The normalized spacial score (nSPS) is 10.9. The van der Waals surface area contributed by atoms with Crippen molar-refractivity contribution in [2.75, 3.05) is 5.73 Å². The van der Waals surface area contributed by atoms with Crippen LogP contribution in [-0.2, 0) is 6.42 Å². The van der Waals surface area contributed by atoms with E-state index in [1.54, 1.807) is 11.3 Å². The largest absolute Gasteiger partial charge is 0.491 e. The zero-order valence-corrected chi connectivity index (χ0v) is 14.1. The van der Waals surface area contributed by atoms with Crippen molar-refractivity contribution in [3.05, 3.63) is 65.0 Å². The van der Waals surface area contributed by atoms with Crippen LogP contribution in [0.5, 0.6) is 5.75 Å². The third-order valence-electron chi connectivity index (χ3n) is 3.45. The Morgan fingerprint density at radius 2 is 1.74 bits per heavy atom. The minimum Gasteiger partial charge on any atom is -0.491 e. The monoisotopic (exact) mass is 324 g/mol. The Balaban J connectivity index is 1.96. The van der Waals surface area contributed by atoms with Gasteiger partial charge in [-0.2, -0.15) is 0 Å². The van der Waals surface area contributed by atoms with E-state index in [1.165, 1.54) is 0 Å². The van der Waals surface area contributed by atoms with Gasteiger partial charge in [0.05, 0.1) is 11.8 Å². The standard InChI is InChI=1S/C19H20N2OS/c1-13(2)22-16-11-7-6-10-15(16)12-17-18(21-19(20)23-17)14-8-4-3-5-9-14/h3-11,13H,12H2,1-2H3,(H2,20,21). The molecule has 0 saturated carbocycles. The minimum atomic E-state index is 0.149. The van der Waals surface area contributed by atoms with Gasteiger partial charge < -0.3 is 10.5 Å². The van der Waals surface area contributed by atoms with Crippen LogP contribution in [0, 0.1) is 0 Å². The molecule has 4 heteroatoms. The van der Waals surface area contributed by atoms with Crippen LogP contribution < -0.4 is 10.5 Å². The number of hydrogen-bond acceptors (Lipinski definition) is 4. The third-order valence-corrected chi connectivity index (χ3v) is 4.33. The van der Waals surface area contributed by atoms with Crippen LogP contribution in [0.4, 0.5) is 5.13 Å². The summed E-state index contributed by atoms with van der Waals surface area (Å²) >= 11 is 1.54. The second-order valence-electron chi connectivity index (χ2n) is 5.64. The van der Waals surface area contributed by atoms with Gasteiger partial charge in [0.2, 0.25) is 0 Å². The third kappa shape index (κ3) is 3.71. The Morgan fingerprint density at radius 1 is 1.04 bits per heavy atom. The van der Waals surface area contributed by atoms with E-state index in [-0.39, 0.29) is 6.10 Å². The molecule has 0 aliphatic carbocycles. The fraction of sp³-hybridized carbons (Fsp3) is 0.211. The highest BCUT2D eigenvalue weighted by Gasteiger charge is 2.14. The number of aromatic nitrogens is 1.